The normalized spacial score (nSPS) is 13.1. The summed E-state index contributed by atoms with van der Waals surface area (Å²) in [6.45, 7) is 4.16. The van der Waals surface area contributed by atoms with Crippen LogP contribution in [0.2, 0.25) is 0 Å². The van der Waals surface area contributed by atoms with Crippen molar-refractivity contribution in [2.75, 3.05) is 23.4 Å². The maximum Gasteiger partial charge on any atom is 0.338 e. The Morgan fingerprint density at radius 2 is 1.53 bits per heavy atom. The fraction of sp³-hybridized carbons (Fsp3) is 0.172. The average molecular weight is 531 g/mol. The van der Waals surface area contributed by atoms with Crippen LogP contribution in [0.25, 0.3) is 0 Å². The van der Waals surface area contributed by atoms with Crippen LogP contribution >= 0.6 is 11.8 Å². The molecule has 2 amide bonds. The number of carbonyl (C=O) groups is 4. The van der Waals surface area contributed by atoms with Crippen LogP contribution in [0.1, 0.15) is 41.0 Å². The fourth-order valence-electron chi connectivity index (χ4n) is 3.66. The first-order valence-electron chi connectivity index (χ1n) is 12.1. The van der Waals surface area contributed by atoms with E-state index < -0.39 is 23.8 Å². The summed E-state index contributed by atoms with van der Waals surface area (Å²) in [6, 6.07) is 21.9. The van der Waals surface area contributed by atoms with E-state index in [-0.39, 0.29) is 17.2 Å². The van der Waals surface area contributed by atoms with Crippen LogP contribution in [-0.4, -0.2) is 37.0 Å². The molecular formula is C29H26N2O6S. The molecule has 194 valence electrons. The van der Waals surface area contributed by atoms with Gasteiger partial charge in [-0.1, -0.05) is 43.0 Å². The summed E-state index contributed by atoms with van der Waals surface area (Å²) in [5, 5.41) is 3.05. The fourth-order valence-corrected chi connectivity index (χ4v) is 4.61. The smallest absolute Gasteiger partial charge is 0.338 e. The molecule has 1 aliphatic heterocycles. The van der Waals surface area contributed by atoms with E-state index in [2.05, 4.69) is 5.32 Å². The van der Waals surface area contributed by atoms with Crippen LogP contribution in [0.3, 0.4) is 0 Å². The van der Waals surface area contributed by atoms with Crippen LogP contribution < -0.4 is 10.2 Å². The van der Waals surface area contributed by atoms with Gasteiger partial charge in [0.25, 0.3) is 11.8 Å². The van der Waals surface area contributed by atoms with Gasteiger partial charge >= 0.3 is 11.9 Å². The molecule has 3 aromatic carbocycles. The van der Waals surface area contributed by atoms with Crippen molar-refractivity contribution in [2.24, 2.45) is 0 Å². The summed E-state index contributed by atoms with van der Waals surface area (Å²) in [5.41, 5.74) is 1.48. The topological polar surface area (TPSA) is 102 Å². The minimum Gasteiger partial charge on any atom is -0.462 e. The summed E-state index contributed by atoms with van der Waals surface area (Å²) in [5.74, 6) is -2.03. The number of thioether (sulfide) groups is 1. The van der Waals surface area contributed by atoms with Gasteiger partial charge < -0.3 is 14.8 Å². The number of esters is 2. The molecule has 0 aromatic heterocycles. The first-order valence-corrected chi connectivity index (χ1v) is 12.9. The lowest BCUT2D eigenvalue weighted by Crippen LogP contribution is -2.32. The molecule has 1 heterocycles. The molecule has 0 saturated heterocycles. The van der Waals surface area contributed by atoms with Crippen molar-refractivity contribution in [1.29, 1.82) is 0 Å². The van der Waals surface area contributed by atoms with Crippen LogP contribution in [-0.2, 0) is 19.1 Å². The van der Waals surface area contributed by atoms with Crippen molar-refractivity contribution in [3.05, 3.63) is 101 Å². The van der Waals surface area contributed by atoms with Gasteiger partial charge in [0.1, 0.15) is 10.6 Å². The Kier molecular flexibility index (Phi) is 8.60. The largest absolute Gasteiger partial charge is 0.462 e. The summed E-state index contributed by atoms with van der Waals surface area (Å²) in [6.07, 6.45) is 0.701. The Balaban J connectivity index is 1.66. The lowest BCUT2D eigenvalue weighted by atomic mass is 10.2. The second-order valence-corrected chi connectivity index (χ2v) is 9.26. The van der Waals surface area contributed by atoms with Gasteiger partial charge in [0.15, 0.2) is 0 Å². The number of hydrogen-bond donors (Lipinski definition) is 1. The first-order chi connectivity index (χ1) is 18.4. The third-order valence-corrected chi connectivity index (χ3v) is 6.54. The van der Waals surface area contributed by atoms with Crippen LogP contribution in [0.4, 0.5) is 11.4 Å². The highest BCUT2D eigenvalue weighted by atomic mass is 32.2. The molecule has 4 rings (SSSR count). The van der Waals surface area contributed by atoms with E-state index in [1.165, 1.54) is 24.3 Å². The molecule has 0 fully saturated rings. The van der Waals surface area contributed by atoms with Crippen molar-refractivity contribution in [3.63, 3.8) is 0 Å². The molecule has 0 aliphatic carbocycles. The Morgan fingerprint density at radius 1 is 0.816 bits per heavy atom. The molecule has 1 aliphatic rings. The Morgan fingerprint density at radius 3 is 2.21 bits per heavy atom. The van der Waals surface area contributed by atoms with E-state index in [1.807, 2.05) is 37.3 Å². The zero-order valence-electron chi connectivity index (χ0n) is 20.9. The molecule has 38 heavy (non-hydrogen) atoms. The van der Waals surface area contributed by atoms with Gasteiger partial charge in [-0.05, 0) is 67.9 Å². The number of rotatable bonds is 10. The number of carbonyl (C=O) groups excluding carboxylic acids is 4. The minimum absolute atomic E-state index is 0.0799. The molecule has 9 heteroatoms. The highest BCUT2D eigenvalue weighted by molar-refractivity contribution is 8.04. The molecule has 0 bridgehead atoms. The number of hydrogen-bond acceptors (Lipinski definition) is 8. The van der Waals surface area contributed by atoms with Crippen molar-refractivity contribution >= 4 is 46.9 Å². The Hall–Kier alpha value is -4.37. The number of anilines is 2. The van der Waals surface area contributed by atoms with Gasteiger partial charge in [-0.15, -0.1) is 0 Å². The molecule has 0 saturated carbocycles. The molecular weight excluding hydrogens is 504 g/mol. The summed E-state index contributed by atoms with van der Waals surface area (Å²) >= 11 is 1.16. The lowest BCUT2D eigenvalue weighted by molar-refractivity contribution is -0.120. The first kappa shape index (κ1) is 26.7. The summed E-state index contributed by atoms with van der Waals surface area (Å²) < 4.78 is 10.2. The predicted octanol–water partition coefficient (Wildman–Crippen LogP) is 5.42. The van der Waals surface area contributed by atoms with E-state index in [4.69, 9.17) is 9.47 Å². The third-order valence-electron chi connectivity index (χ3n) is 5.45. The standard InChI is InChI=1S/C29H26N2O6S/c1-3-17-37-28(34)19-13-15-22(16-14-19)31-26(32)24(25(27(31)33)38-23-11-6-5-7-12-23)30-21-10-8-9-20(18-21)29(35)36-4-2/h5-16,18,30H,3-4,17H2,1-2H3. The average Bonchev–Trinajstić information content (AvgIpc) is 3.16. The molecule has 0 atom stereocenters. The number of ether oxygens (including phenoxy) is 2. The van der Waals surface area contributed by atoms with Crippen LogP contribution in [0, 0.1) is 0 Å². The molecule has 0 unspecified atom stereocenters. The lowest BCUT2D eigenvalue weighted by Gasteiger charge is -2.16. The minimum atomic E-state index is -0.559. The summed E-state index contributed by atoms with van der Waals surface area (Å²) in [7, 11) is 0. The van der Waals surface area contributed by atoms with Gasteiger partial charge in [-0.25, -0.2) is 14.5 Å². The monoisotopic (exact) mass is 530 g/mol. The number of imide groups is 1. The Bertz CT molecular complexity index is 1390. The number of nitrogens with one attached hydrogen (secondary N) is 1. The number of benzene rings is 3. The van der Waals surface area contributed by atoms with Crippen molar-refractivity contribution in [3.8, 4) is 0 Å². The highest BCUT2D eigenvalue weighted by Gasteiger charge is 2.40. The molecule has 0 radical (unpaired) electrons. The second kappa shape index (κ2) is 12.2. The zero-order valence-corrected chi connectivity index (χ0v) is 21.7. The van der Waals surface area contributed by atoms with Crippen molar-refractivity contribution in [1.82, 2.24) is 0 Å². The summed E-state index contributed by atoms with van der Waals surface area (Å²) in [4.78, 5) is 53.6. The number of amides is 2. The van der Waals surface area contributed by atoms with Crippen LogP contribution in [0.5, 0.6) is 0 Å². The molecule has 1 N–H and O–H groups in total. The maximum atomic E-state index is 13.6. The SMILES string of the molecule is CCCOC(=O)c1ccc(N2C(=O)C(Nc3cccc(C(=O)OCC)c3)=C(Sc3ccccc3)C2=O)cc1. The molecule has 3 aromatic rings. The van der Waals surface area contributed by atoms with Gasteiger partial charge in [0.05, 0.1) is 30.0 Å². The Labute approximate surface area is 224 Å². The zero-order chi connectivity index (χ0) is 27.1. The number of nitrogens with zero attached hydrogens (tertiary/aromatic N) is 1. The maximum absolute atomic E-state index is 13.6. The van der Waals surface area contributed by atoms with Gasteiger partial charge in [0, 0.05) is 10.6 Å². The van der Waals surface area contributed by atoms with Crippen molar-refractivity contribution < 1.29 is 28.7 Å². The molecule has 8 nitrogen and oxygen atoms in total. The molecule has 0 spiro atoms. The van der Waals surface area contributed by atoms with Gasteiger partial charge in [-0.3, -0.25) is 9.59 Å². The van der Waals surface area contributed by atoms with E-state index in [1.54, 1.807) is 31.2 Å². The van der Waals surface area contributed by atoms with Crippen LogP contribution in [0.15, 0.2) is 94.4 Å². The van der Waals surface area contributed by atoms with Gasteiger partial charge in [-0.2, -0.15) is 0 Å². The quantitative estimate of drug-likeness (QED) is 0.274. The van der Waals surface area contributed by atoms with E-state index in [0.29, 0.717) is 35.5 Å². The predicted molar refractivity (Wildman–Crippen MR) is 145 cm³/mol. The highest BCUT2D eigenvalue weighted by Crippen LogP contribution is 2.38. The second-order valence-electron chi connectivity index (χ2n) is 8.17. The van der Waals surface area contributed by atoms with Crippen molar-refractivity contribution in [2.45, 2.75) is 25.2 Å². The van der Waals surface area contributed by atoms with E-state index in [0.717, 1.165) is 21.6 Å². The van der Waals surface area contributed by atoms with E-state index >= 15 is 0 Å². The van der Waals surface area contributed by atoms with Gasteiger partial charge in [0.2, 0.25) is 0 Å². The third kappa shape index (κ3) is 5.95. The van der Waals surface area contributed by atoms with E-state index in [9.17, 15) is 19.2 Å².